The van der Waals surface area contributed by atoms with Crippen LogP contribution in [0.1, 0.15) is 41.6 Å². The molecular formula is C28H26F2N4O4S. The van der Waals surface area contributed by atoms with Gasteiger partial charge in [-0.2, -0.15) is 0 Å². The van der Waals surface area contributed by atoms with Crippen LogP contribution in [0.2, 0.25) is 0 Å². The smallest absolute Gasteiger partial charge is 0.340 e. The highest BCUT2D eigenvalue weighted by Crippen LogP contribution is 2.44. The molecule has 11 heteroatoms. The maximum Gasteiger partial charge on any atom is 0.341 e. The van der Waals surface area contributed by atoms with Crippen LogP contribution in [0.25, 0.3) is 10.8 Å². The summed E-state index contributed by atoms with van der Waals surface area (Å²) < 4.78 is 26.8. The first-order valence-corrected chi connectivity index (χ1v) is 13.1. The summed E-state index contributed by atoms with van der Waals surface area (Å²) >= 11 is 1.28. The molecule has 0 saturated heterocycles. The number of amides is 4. The van der Waals surface area contributed by atoms with Crippen molar-refractivity contribution in [2.45, 2.75) is 31.7 Å². The van der Waals surface area contributed by atoms with Crippen LogP contribution in [0.5, 0.6) is 0 Å². The van der Waals surface area contributed by atoms with E-state index in [4.69, 9.17) is 0 Å². The Labute approximate surface area is 227 Å². The molecule has 3 aromatic rings. The van der Waals surface area contributed by atoms with Crippen molar-refractivity contribution in [3.05, 3.63) is 94.5 Å². The lowest BCUT2D eigenvalue weighted by molar-refractivity contribution is -0.124. The topological polar surface area (TPSA) is 108 Å². The van der Waals surface area contributed by atoms with Gasteiger partial charge in [0.15, 0.2) is 17.9 Å². The number of benzene rings is 3. The van der Waals surface area contributed by atoms with Crippen LogP contribution in [0, 0.1) is 17.6 Å². The number of nitrogens with zero attached hydrogens (tertiary/aromatic N) is 1. The van der Waals surface area contributed by atoms with Crippen LogP contribution >= 0.6 is 11.8 Å². The molecule has 0 aliphatic carbocycles. The van der Waals surface area contributed by atoms with Crippen molar-refractivity contribution < 1.29 is 28.0 Å². The highest BCUT2D eigenvalue weighted by molar-refractivity contribution is 8.02. The van der Waals surface area contributed by atoms with Gasteiger partial charge in [0.1, 0.15) is 11.4 Å². The van der Waals surface area contributed by atoms with Crippen LogP contribution in [-0.2, 0) is 9.59 Å². The molecule has 4 rings (SSSR count). The standard InChI is InChI=1S/C28H26F2N4O4S/c1-16(2)12-24(31-25(36)18-10-11-22(29)23(30)13-18)26(37)32-33-28(38)34-19(14-35)15-39-27(34)21-9-5-7-17-6-3-4-8-20(17)21/h3-11,13-16,24,27H,12H2,1-2H3,(H,31,36)(H,32,37)(H,33,38)/t24-,27?/m0/s1. The van der Waals surface area contributed by atoms with Gasteiger partial charge in [0, 0.05) is 11.0 Å². The maximum atomic E-state index is 13.6. The van der Waals surface area contributed by atoms with E-state index >= 15 is 0 Å². The summed E-state index contributed by atoms with van der Waals surface area (Å²) in [5.74, 6) is -3.83. The van der Waals surface area contributed by atoms with Crippen molar-refractivity contribution in [1.29, 1.82) is 0 Å². The Bertz CT molecular complexity index is 1460. The van der Waals surface area contributed by atoms with E-state index in [2.05, 4.69) is 16.2 Å². The van der Waals surface area contributed by atoms with E-state index in [0.29, 0.717) is 6.29 Å². The van der Waals surface area contributed by atoms with E-state index in [-0.39, 0.29) is 23.6 Å². The Kier molecular flexibility index (Phi) is 8.60. The monoisotopic (exact) mass is 552 g/mol. The van der Waals surface area contributed by atoms with Gasteiger partial charge in [-0.3, -0.25) is 24.7 Å². The zero-order valence-electron chi connectivity index (χ0n) is 21.1. The summed E-state index contributed by atoms with van der Waals surface area (Å²) in [6.45, 7) is 3.67. The van der Waals surface area contributed by atoms with Gasteiger partial charge in [0.2, 0.25) is 0 Å². The summed E-state index contributed by atoms with van der Waals surface area (Å²) in [4.78, 5) is 51.8. The van der Waals surface area contributed by atoms with Crippen LogP contribution in [-0.4, -0.2) is 35.1 Å². The molecule has 8 nitrogen and oxygen atoms in total. The molecule has 2 atom stereocenters. The molecule has 39 heavy (non-hydrogen) atoms. The Morgan fingerprint density at radius 1 is 1.00 bits per heavy atom. The number of nitrogens with one attached hydrogen (secondary N) is 3. The molecule has 0 radical (unpaired) electrons. The molecule has 1 aliphatic rings. The fraction of sp³-hybridized carbons (Fsp3) is 0.214. The molecule has 0 aromatic heterocycles. The summed E-state index contributed by atoms with van der Waals surface area (Å²) in [5, 5.41) is 5.40. The van der Waals surface area contributed by atoms with E-state index in [9.17, 15) is 28.0 Å². The minimum atomic E-state index is -1.19. The number of hydrazine groups is 1. The van der Waals surface area contributed by atoms with Gasteiger partial charge in [0.25, 0.3) is 11.8 Å². The molecule has 1 unspecified atom stereocenters. The molecule has 1 aliphatic heterocycles. The highest BCUT2D eigenvalue weighted by atomic mass is 32.2. The van der Waals surface area contributed by atoms with Crippen molar-refractivity contribution in [2.75, 3.05) is 0 Å². The van der Waals surface area contributed by atoms with Gasteiger partial charge >= 0.3 is 6.03 Å². The predicted octanol–water partition coefficient (Wildman–Crippen LogP) is 4.79. The molecule has 1 heterocycles. The maximum absolute atomic E-state index is 13.6. The quantitative estimate of drug-likeness (QED) is 0.289. The van der Waals surface area contributed by atoms with E-state index in [1.54, 1.807) is 5.41 Å². The number of aldehydes is 1. The molecule has 202 valence electrons. The molecule has 0 bridgehead atoms. The molecule has 4 amide bonds. The van der Waals surface area contributed by atoms with Gasteiger partial charge in [-0.05, 0) is 46.9 Å². The zero-order chi connectivity index (χ0) is 28.1. The first-order valence-electron chi connectivity index (χ1n) is 12.1. The third kappa shape index (κ3) is 6.26. The largest absolute Gasteiger partial charge is 0.341 e. The number of fused-ring (bicyclic) bond motifs is 1. The number of thioether (sulfide) groups is 1. The number of hydrogen-bond donors (Lipinski definition) is 3. The van der Waals surface area contributed by atoms with Crippen LogP contribution in [0.3, 0.4) is 0 Å². The molecular weight excluding hydrogens is 526 g/mol. The third-order valence-corrected chi connectivity index (χ3v) is 7.16. The minimum Gasteiger partial charge on any atom is -0.340 e. The molecule has 0 fully saturated rings. The number of rotatable bonds is 7. The lowest BCUT2D eigenvalue weighted by atomic mass is 10.0. The second-order valence-corrected chi connectivity index (χ2v) is 10.2. The number of urea groups is 1. The number of halogens is 2. The van der Waals surface area contributed by atoms with Gasteiger partial charge in [-0.25, -0.2) is 19.0 Å². The average molecular weight is 553 g/mol. The Hall–Kier alpha value is -4.25. The van der Waals surface area contributed by atoms with Crippen molar-refractivity contribution >= 4 is 46.7 Å². The first-order chi connectivity index (χ1) is 18.7. The van der Waals surface area contributed by atoms with Crippen molar-refractivity contribution in [3.8, 4) is 0 Å². The third-order valence-electron chi connectivity index (χ3n) is 6.06. The first kappa shape index (κ1) is 27.8. The molecule has 3 N–H and O–H groups in total. The van der Waals surface area contributed by atoms with E-state index in [1.165, 1.54) is 16.7 Å². The van der Waals surface area contributed by atoms with Gasteiger partial charge < -0.3 is 5.32 Å². The average Bonchev–Trinajstić information content (AvgIpc) is 3.36. The number of allylic oxidation sites excluding steroid dienone is 1. The molecule has 3 aromatic carbocycles. The number of carbonyl (C=O) groups excluding carboxylic acids is 4. The lowest BCUT2D eigenvalue weighted by Gasteiger charge is -2.27. The summed E-state index contributed by atoms with van der Waals surface area (Å²) in [6.07, 6.45) is 0.762. The van der Waals surface area contributed by atoms with Crippen LogP contribution < -0.4 is 16.2 Å². The predicted molar refractivity (Wildman–Crippen MR) is 144 cm³/mol. The van der Waals surface area contributed by atoms with E-state index in [0.717, 1.165) is 34.5 Å². The lowest BCUT2D eigenvalue weighted by Crippen LogP contribution is -2.55. The van der Waals surface area contributed by atoms with Crippen LogP contribution in [0.4, 0.5) is 13.6 Å². The fourth-order valence-corrected chi connectivity index (χ4v) is 5.35. The Balaban J connectivity index is 1.48. The second-order valence-electron chi connectivity index (χ2n) is 9.29. The fourth-order valence-electron chi connectivity index (χ4n) is 4.22. The van der Waals surface area contributed by atoms with Crippen molar-refractivity contribution in [2.24, 2.45) is 5.92 Å². The summed E-state index contributed by atoms with van der Waals surface area (Å²) in [6, 6.07) is 14.2. The Morgan fingerprint density at radius 2 is 1.74 bits per heavy atom. The molecule has 0 saturated carbocycles. The van der Waals surface area contributed by atoms with Crippen LogP contribution in [0.15, 0.2) is 71.8 Å². The minimum absolute atomic E-state index is 0.0305. The number of hydrogen-bond acceptors (Lipinski definition) is 5. The van der Waals surface area contributed by atoms with E-state index in [1.807, 2.05) is 56.3 Å². The van der Waals surface area contributed by atoms with Gasteiger partial charge in [0.05, 0.1) is 5.70 Å². The van der Waals surface area contributed by atoms with Gasteiger partial charge in [-0.1, -0.05) is 56.3 Å². The summed E-state index contributed by atoms with van der Waals surface area (Å²) in [7, 11) is 0. The zero-order valence-corrected chi connectivity index (χ0v) is 21.9. The highest BCUT2D eigenvalue weighted by Gasteiger charge is 2.35. The molecule has 0 spiro atoms. The van der Waals surface area contributed by atoms with E-state index < -0.39 is 40.9 Å². The number of carbonyl (C=O) groups is 4. The van der Waals surface area contributed by atoms with Gasteiger partial charge in [-0.15, -0.1) is 11.8 Å². The van der Waals surface area contributed by atoms with Crippen molar-refractivity contribution in [3.63, 3.8) is 0 Å². The second kappa shape index (κ2) is 12.1. The van der Waals surface area contributed by atoms with Crippen molar-refractivity contribution in [1.82, 2.24) is 21.1 Å². The Morgan fingerprint density at radius 3 is 2.46 bits per heavy atom. The summed E-state index contributed by atoms with van der Waals surface area (Å²) in [5.41, 5.74) is 5.42. The SMILES string of the molecule is CC(C)C[C@H](NC(=O)c1ccc(F)c(F)c1)C(=O)NNC(=O)N1C(C=O)=CSC1c1cccc2ccccc12. The normalized spacial score (nSPS) is 15.6.